The van der Waals surface area contributed by atoms with Gasteiger partial charge in [0.1, 0.15) is 6.42 Å². The predicted molar refractivity (Wildman–Crippen MR) is 62.1 cm³/mol. The number of piperazine rings is 1. The first-order chi connectivity index (χ1) is 7.63. The lowest BCUT2D eigenvalue weighted by Gasteiger charge is -2.32. The van der Waals surface area contributed by atoms with E-state index < -0.39 is 5.97 Å². The molecule has 1 fully saturated rings. The van der Waals surface area contributed by atoms with Gasteiger partial charge in [0.15, 0.2) is 0 Å². The molecule has 16 heavy (non-hydrogen) atoms. The lowest BCUT2D eigenvalue weighted by atomic mass is 10.3. The van der Waals surface area contributed by atoms with Crippen LogP contribution in [0.15, 0.2) is 0 Å². The van der Waals surface area contributed by atoms with Crippen LogP contribution in [0.4, 0.5) is 0 Å². The van der Waals surface area contributed by atoms with E-state index in [1.807, 2.05) is 20.9 Å². The Morgan fingerprint density at radius 2 is 1.62 bits per heavy atom. The lowest BCUT2D eigenvalue weighted by molar-refractivity contribution is -0.147. The topological polar surface area (TPSA) is 49.9 Å². The fraction of sp³-hybridized carbons (Fsp3) is 0.818. The number of hydrogen-bond acceptors (Lipinski definition) is 4. The fourth-order valence-corrected chi connectivity index (χ4v) is 1.36. The molecule has 0 bridgehead atoms. The molecule has 0 aliphatic carbocycles. The maximum absolute atomic E-state index is 11.5. The molecule has 1 aliphatic heterocycles. The van der Waals surface area contributed by atoms with Crippen LogP contribution in [-0.2, 0) is 14.3 Å². The van der Waals surface area contributed by atoms with Crippen molar-refractivity contribution in [3.05, 3.63) is 0 Å². The highest BCUT2D eigenvalue weighted by Crippen LogP contribution is 2.02. The van der Waals surface area contributed by atoms with E-state index in [2.05, 4.69) is 9.64 Å². The van der Waals surface area contributed by atoms with Gasteiger partial charge in [-0.05, 0) is 7.05 Å². The molecule has 0 aromatic heterocycles. The molecule has 1 rings (SSSR count). The van der Waals surface area contributed by atoms with Gasteiger partial charge in [-0.25, -0.2) is 0 Å². The number of carbonyl (C=O) groups excluding carboxylic acids is 2. The zero-order chi connectivity index (χ0) is 12.6. The Labute approximate surface area is 97.3 Å². The van der Waals surface area contributed by atoms with Crippen molar-refractivity contribution >= 4 is 11.9 Å². The first-order valence-electron chi connectivity index (χ1n) is 5.66. The van der Waals surface area contributed by atoms with E-state index >= 15 is 0 Å². The van der Waals surface area contributed by atoms with Crippen LogP contribution in [0.25, 0.3) is 0 Å². The number of hydrogen-bond donors (Lipinski definition) is 0. The maximum Gasteiger partial charge on any atom is 0.315 e. The van der Waals surface area contributed by atoms with Crippen molar-refractivity contribution in [1.82, 2.24) is 9.80 Å². The molecule has 0 radical (unpaired) electrons. The second-order valence-corrected chi connectivity index (χ2v) is 3.44. The molecular weight excluding hydrogens is 208 g/mol. The molecule has 1 aliphatic rings. The Morgan fingerprint density at radius 3 is 2.06 bits per heavy atom. The minimum absolute atomic E-state index is 0.134. The van der Waals surface area contributed by atoms with Gasteiger partial charge >= 0.3 is 5.97 Å². The third-order valence-electron chi connectivity index (χ3n) is 2.38. The minimum atomic E-state index is -0.464. The van der Waals surface area contributed by atoms with Gasteiger partial charge in [-0.1, -0.05) is 13.8 Å². The number of amides is 1. The summed E-state index contributed by atoms with van der Waals surface area (Å²) < 4.78 is 4.44. The predicted octanol–water partition coefficient (Wildman–Crippen LogP) is 0.350. The SMILES string of the molecule is CC.COC(=O)CC(=O)N1CCN(C)CC1. The highest BCUT2D eigenvalue weighted by Gasteiger charge is 2.21. The number of esters is 1. The maximum atomic E-state index is 11.5. The largest absolute Gasteiger partial charge is 0.469 e. The first kappa shape index (κ1) is 14.9. The third-order valence-corrected chi connectivity index (χ3v) is 2.38. The smallest absolute Gasteiger partial charge is 0.315 e. The fourth-order valence-electron chi connectivity index (χ4n) is 1.36. The monoisotopic (exact) mass is 230 g/mol. The van der Waals surface area contributed by atoms with Crippen LogP contribution in [-0.4, -0.2) is 62.0 Å². The van der Waals surface area contributed by atoms with Gasteiger partial charge < -0.3 is 14.5 Å². The van der Waals surface area contributed by atoms with Gasteiger partial charge in [-0.3, -0.25) is 9.59 Å². The zero-order valence-corrected chi connectivity index (χ0v) is 10.7. The molecular formula is C11H22N2O3. The van der Waals surface area contributed by atoms with Gasteiger partial charge in [0, 0.05) is 26.2 Å². The van der Waals surface area contributed by atoms with Gasteiger partial charge in [0.2, 0.25) is 5.91 Å². The van der Waals surface area contributed by atoms with Crippen LogP contribution < -0.4 is 0 Å². The molecule has 1 amide bonds. The highest BCUT2D eigenvalue weighted by atomic mass is 16.5. The Balaban J connectivity index is 0.00000106. The van der Waals surface area contributed by atoms with Crippen molar-refractivity contribution < 1.29 is 14.3 Å². The molecule has 0 saturated carbocycles. The van der Waals surface area contributed by atoms with Crippen LogP contribution >= 0.6 is 0 Å². The van der Waals surface area contributed by atoms with Crippen molar-refractivity contribution in [1.29, 1.82) is 0 Å². The van der Waals surface area contributed by atoms with Crippen molar-refractivity contribution in [3.8, 4) is 0 Å². The quantitative estimate of drug-likeness (QED) is 0.507. The van der Waals surface area contributed by atoms with E-state index in [9.17, 15) is 9.59 Å². The van der Waals surface area contributed by atoms with E-state index in [1.54, 1.807) is 4.90 Å². The first-order valence-corrected chi connectivity index (χ1v) is 5.66. The number of likely N-dealkylation sites (N-methyl/N-ethyl adjacent to an activating group) is 1. The average Bonchev–Trinajstić information content (AvgIpc) is 2.32. The van der Waals surface area contributed by atoms with Gasteiger partial charge in [0.25, 0.3) is 0 Å². The summed E-state index contributed by atoms with van der Waals surface area (Å²) >= 11 is 0. The Kier molecular flexibility index (Phi) is 7.54. The molecule has 0 spiro atoms. The normalized spacial score (nSPS) is 16.1. The number of carbonyl (C=O) groups is 2. The van der Waals surface area contributed by atoms with Gasteiger partial charge in [0.05, 0.1) is 7.11 Å². The number of nitrogens with zero attached hydrogens (tertiary/aromatic N) is 2. The average molecular weight is 230 g/mol. The van der Waals surface area contributed by atoms with Crippen molar-refractivity contribution in [2.24, 2.45) is 0 Å². The number of rotatable bonds is 2. The van der Waals surface area contributed by atoms with Crippen LogP contribution in [0, 0.1) is 0 Å². The Bertz CT molecular complexity index is 223. The molecule has 0 N–H and O–H groups in total. The molecule has 1 saturated heterocycles. The summed E-state index contributed by atoms with van der Waals surface area (Å²) in [7, 11) is 3.31. The molecule has 5 nitrogen and oxygen atoms in total. The summed E-state index contributed by atoms with van der Waals surface area (Å²) in [5, 5.41) is 0. The van der Waals surface area contributed by atoms with Gasteiger partial charge in [-0.2, -0.15) is 0 Å². The van der Waals surface area contributed by atoms with Crippen LogP contribution in [0.3, 0.4) is 0 Å². The zero-order valence-electron chi connectivity index (χ0n) is 10.7. The third kappa shape index (κ3) is 5.11. The summed E-state index contributed by atoms with van der Waals surface area (Å²) in [6.07, 6.45) is -0.139. The van der Waals surface area contributed by atoms with Crippen LogP contribution in [0.5, 0.6) is 0 Å². The lowest BCUT2D eigenvalue weighted by Crippen LogP contribution is -2.47. The van der Waals surface area contributed by atoms with Gasteiger partial charge in [-0.15, -0.1) is 0 Å². The standard InChI is InChI=1S/C9H16N2O3.C2H6/c1-10-3-5-11(6-4-10)8(12)7-9(13)14-2;1-2/h3-7H2,1-2H3;1-2H3. The van der Waals surface area contributed by atoms with Crippen molar-refractivity contribution in [2.45, 2.75) is 20.3 Å². The highest BCUT2D eigenvalue weighted by molar-refractivity contribution is 5.94. The molecule has 0 aromatic rings. The molecule has 94 valence electrons. The molecule has 0 atom stereocenters. The molecule has 0 unspecified atom stereocenters. The van der Waals surface area contributed by atoms with E-state index in [4.69, 9.17) is 0 Å². The summed E-state index contributed by atoms with van der Waals surface area (Å²) in [5.41, 5.74) is 0. The van der Waals surface area contributed by atoms with Crippen LogP contribution in [0.1, 0.15) is 20.3 Å². The Hall–Kier alpha value is -1.10. The van der Waals surface area contributed by atoms with E-state index in [0.717, 1.165) is 13.1 Å². The summed E-state index contributed by atoms with van der Waals surface area (Å²) in [6, 6.07) is 0. The molecule has 1 heterocycles. The molecule has 5 heteroatoms. The molecule has 0 aromatic carbocycles. The summed E-state index contributed by atoms with van der Waals surface area (Å²) in [5.74, 6) is -0.598. The number of methoxy groups -OCH3 is 1. The Morgan fingerprint density at radius 1 is 1.12 bits per heavy atom. The summed E-state index contributed by atoms with van der Waals surface area (Å²) in [6.45, 7) is 7.14. The minimum Gasteiger partial charge on any atom is -0.469 e. The van der Waals surface area contributed by atoms with E-state index in [-0.39, 0.29) is 12.3 Å². The second kappa shape index (κ2) is 8.10. The van der Waals surface area contributed by atoms with Crippen molar-refractivity contribution in [3.63, 3.8) is 0 Å². The van der Waals surface area contributed by atoms with E-state index in [1.165, 1.54) is 7.11 Å². The van der Waals surface area contributed by atoms with Crippen molar-refractivity contribution in [2.75, 3.05) is 40.3 Å². The van der Waals surface area contributed by atoms with Crippen LogP contribution in [0.2, 0.25) is 0 Å². The second-order valence-electron chi connectivity index (χ2n) is 3.44. The summed E-state index contributed by atoms with van der Waals surface area (Å²) in [4.78, 5) is 26.2. The number of ether oxygens (including phenoxy) is 1. The van der Waals surface area contributed by atoms with E-state index in [0.29, 0.717) is 13.1 Å².